The molecule has 0 aromatic heterocycles. The minimum atomic E-state index is -0.0534. The first-order chi connectivity index (χ1) is 9.90. The zero-order chi connectivity index (χ0) is 15.6. The number of carbonyl (C=O) groups is 2. The molecule has 1 aromatic rings. The number of nitrogens with zero attached hydrogens (tertiary/aromatic N) is 1. The summed E-state index contributed by atoms with van der Waals surface area (Å²) in [5.41, 5.74) is 1.72. The maximum absolute atomic E-state index is 12.6. The minimum Gasteiger partial charge on any atom is -0.350 e. The van der Waals surface area contributed by atoms with Crippen LogP contribution in [-0.2, 0) is 4.79 Å². The number of benzene rings is 1. The molecule has 1 aliphatic rings. The molecule has 0 radical (unpaired) electrons. The molecule has 2 unspecified atom stereocenters. The van der Waals surface area contributed by atoms with Gasteiger partial charge in [-0.1, -0.05) is 12.1 Å². The first-order valence-electron chi connectivity index (χ1n) is 7.60. The maximum Gasteiger partial charge on any atom is 0.254 e. The molecule has 21 heavy (non-hydrogen) atoms. The van der Waals surface area contributed by atoms with Crippen LogP contribution in [0.4, 0.5) is 0 Å². The van der Waals surface area contributed by atoms with Gasteiger partial charge in [-0.2, -0.15) is 0 Å². The van der Waals surface area contributed by atoms with Crippen molar-refractivity contribution >= 4 is 11.8 Å². The van der Waals surface area contributed by atoms with E-state index < -0.39 is 0 Å². The third-order valence-corrected chi connectivity index (χ3v) is 4.26. The zero-order valence-corrected chi connectivity index (χ0v) is 13.2. The highest BCUT2D eigenvalue weighted by Gasteiger charge is 2.31. The molecule has 1 fully saturated rings. The number of amides is 2. The van der Waals surface area contributed by atoms with Gasteiger partial charge in [-0.15, -0.1) is 0 Å². The zero-order valence-electron chi connectivity index (χ0n) is 13.2. The highest BCUT2D eigenvalue weighted by molar-refractivity contribution is 5.94. The topological polar surface area (TPSA) is 49.4 Å². The Hall–Kier alpha value is -1.84. The van der Waals surface area contributed by atoms with Crippen LogP contribution in [0.3, 0.4) is 0 Å². The van der Waals surface area contributed by atoms with E-state index in [9.17, 15) is 9.59 Å². The van der Waals surface area contributed by atoms with Gasteiger partial charge >= 0.3 is 0 Å². The van der Waals surface area contributed by atoms with Gasteiger partial charge in [0, 0.05) is 24.6 Å². The number of rotatable bonds is 3. The smallest absolute Gasteiger partial charge is 0.254 e. The van der Waals surface area contributed by atoms with E-state index in [-0.39, 0.29) is 17.9 Å². The van der Waals surface area contributed by atoms with Crippen LogP contribution < -0.4 is 5.32 Å². The van der Waals surface area contributed by atoms with E-state index in [2.05, 4.69) is 19.2 Å². The molecule has 2 rings (SSSR count). The van der Waals surface area contributed by atoms with Crippen LogP contribution >= 0.6 is 0 Å². The van der Waals surface area contributed by atoms with Crippen LogP contribution in [0.25, 0.3) is 0 Å². The quantitative estimate of drug-likeness (QED) is 0.929. The highest BCUT2D eigenvalue weighted by Crippen LogP contribution is 2.26. The summed E-state index contributed by atoms with van der Waals surface area (Å²) in [5.74, 6) is 0.0496. The van der Waals surface area contributed by atoms with E-state index in [1.54, 1.807) is 0 Å². The van der Waals surface area contributed by atoms with Gasteiger partial charge < -0.3 is 10.2 Å². The summed E-state index contributed by atoms with van der Waals surface area (Å²) >= 11 is 0. The molecule has 1 heterocycles. The molecule has 114 valence electrons. The fourth-order valence-electron chi connectivity index (χ4n) is 3.05. The van der Waals surface area contributed by atoms with Crippen molar-refractivity contribution in [1.29, 1.82) is 0 Å². The van der Waals surface area contributed by atoms with Crippen molar-refractivity contribution in [1.82, 2.24) is 10.2 Å². The Labute approximate surface area is 126 Å². The monoisotopic (exact) mass is 288 g/mol. The maximum atomic E-state index is 12.6. The lowest BCUT2D eigenvalue weighted by atomic mass is 10.0. The second kappa shape index (κ2) is 6.29. The van der Waals surface area contributed by atoms with Crippen molar-refractivity contribution in [3.05, 3.63) is 35.4 Å². The van der Waals surface area contributed by atoms with Gasteiger partial charge in [-0.05, 0) is 51.3 Å². The van der Waals surface area contributed by atoms with Crippen molar-refractivity contribution in [3.63, 3.8) is 0 Å². The first-order valence-corrected chi connectivity index (χ1v) is 7.60. The molecule has 4 nitrogen and oxygen atoms in total. The van der Waals surface area contributed by atoms with E-state index in [4.69, 9.17) is 0 Å². The number of carbonyl (C=O) groups excluding carboxylic acids is 2. The van der Waals surface area contributed by atoms with Gasteiger partial charge in [0.05, 0.1) is 6.04 Å². The molecular weight excluding hydrogens is 264 g/mol. The van der Waals surface area contributed by atoms with Crippen LogP contribution in [0.15, 0.2) is 24.3 Å². The van der Waals surface area contributed by atoms with E-state index in [1.807, 2.05) is 36.1 Å². The van der Waals surface area contributed by atoms with Gasteiger partial charge in [0.2, 0.25) is 5.91 Å². The standard InChI is InChI=1S/C17H24N2O2/c1-11-5-6-12(2)19(11)17(21)16-9-7-15(8-10-16)13(3)18-14(4)20/h7-13H,5-6H2,1-4H3,(H,18,20)/t11?,12?,13-/m1/s1. The average Bonchev–Trinajstić information content (AvgIpc) is 2.77. The fraction of sp³-hybridized carbons (Fsp3) is 0.529. The number of hydrogen-bond acceptors (Lipinski definition) is 2. The summed E-state index contributed by atoms with van der Waals surface area (Å²) in [5, 5.41) is 2.84. The molecule has 1 aromatic carbocycles. The highest BCUT2D eigenvalue weighted by atomic mass is 16.2. The van der Waals surface area contributed by atoms with E-state index >= 15 is 0 Å². The predicted octanol–water partition coefficient (Wildman–Crippen LogP) is 2.90. The van der Waals surface area contributed by atoms with Crippen LogP contribution in [-0.4, -0.2) is 28.8 Å². The summed E-state index contributed by atoms with van der Waals surface area (Å²) in [7, 11) is 0. The van der Waals surface area contributed by atoms with Crippen molar-refractivity contribution in [3.8, 4) is 0 Å². The molecule has 0 spiro atoms. The Morgan fingerprint density at radius 1 is 1.14 bits per heavy atom. The minimum absolute atomic E-state index is 0.0451. The Bertz CT molecular complexity index is 514. The van der Waals surface area contributed by atoms with Crippen molar-refractivity contribution in [2.75, 3.05) is 0 Å². The number of nitrogens with one attached hydrogen (secondary N) is 1. The predicted molar refractivity (Wildman–Crippen MR) is 83.0 cm³/mol. The number of likely N-dealkylation sites (tertiary alicyclic amines) is 1. The van der Waals surface area contributed by atoms with Crippen molar-refractivity contribution < 1.29 is 9.59 Å². The van der Waals surface area contributed by atoms with E-state index in [0.29, 0.717) is 12.1 Å². The molecule has 3 atom stereocenters. The van der Waals surface area contributed by atoms with Crippen LogP contribution in [0, 0.1) is 0 Å². The van der Waals surface area contributed by atoms with Gasteiger partial charge in [0.1, 0.15) is 0 Å². The van der Waals surface area contributed by atoms with Gasteiger partial charge in [-0.3, -0.25) is 9.59 Å². The average molecular weight is 288 g/mol. The van der Waals surface area contributed by atoms with Crippen molar-refractivity contribution in [2.24, 2.45) is 0 Å². The molecule has 0 aliphatic carbocycles. The second-order valence-corrected chi connectivity index (χ2v) is 6.03. The Balaban J connectivity index is 2.11. The van der Waals surface area contributed by atoms with E-state index in [0.717, 1.165) is 24.0 Å². The molecule has 0 bridgehead atoms. The normalized spacial score (nSPS) is 23.0. The molecule has 4 heteroatoms. The van der Waals surface area contributed by atoms with Crippen LogP contribution in [0.2, 0.25) is 0 Å². The molecule has 1 N–H and O–H groups in total. The summed E-state index contributed by atoms with van der Waals surface area (Å²) in [6.07, 6.45) is 2.15. The largest absolute Gasteiger partial charge is 0.350 e. The molecular formula is C17H24N2O2. The van der Waals surface area contributed by atoms with E-state index in [1.165, 1.54) is 6.92 Å². The third kappa shape index (κ3) is 3.43. The Kier molecular flexibility index (Phi) is 4.66. The van der Waals surface area contributed by atoms with Crippen LogP contribution in [0.5, 0.6) is 0 Å². The molecule has 1 aliphatic heterocycles. The summed E-state index contributed by atoms with van der Waals surface area (Å²) in [6, 6.07) is 8.12. The fourth-order valence-corrected chi connectivity index (χ4v) is 3.05. The van der Waals surface area contributed by atoms with Crippen LogP contribution in [0.1, 0.15) is 62.5 Å². The van der Waals surface area contributed by atoms with Gasteiger partial charge in [-0.25, -0.2) is 0 Å². The second-order valence-electron chi connectivity index (χ2n) is 6.03. The number of hydrogen-bond donors (Lipinski definition) is 1. The molecule has 1 saturated heterocycles. The first kappa shape index (κ1) is 15.5. The Morgan fingerprint density at radius 2 is 1.67 bits per heavy atom. The third-order valence-electron chi connectivity index (χ3n) is 4.26. The lowest BCUT2D eigenvalue weighted by Gasteiger charge is -2.26. The Morgan fingerprint density at radius 3 is 2.14 bits per heavy atom. The summed E-state index contributed by atoms with van der Waals surface area (Å²) in [4.78, 5) is 25.6. The molecule has 0 saturated carbocycles. The van der Waals surface area contributed by atoms with Gasteiger partial charge in [0.15, 0.2) is 0 Å². The summed E-state index contributed by atoms with van der Waals surface area (Å²) in [6.45, 7) is 7.65. The van der Waals surface area contributed by atoms with Crippen molar-refractivity contribution in [2.45, 2.75) is 58.7 Å². The molecule has 2 amide bonds. The lowest BCUT2D eigenvalue weighted by Crippen LogP contribution is -2.38. The summed E-state index contributed by atoms with van der Waals surface area (Å²) < 4.78 is 0. The van der Waals surface area contributed by atoms with Gasteiger partial charge in [0.25, 0.3) is 5.91 Å². The lowest BCUT2D eigenvalue weighted by molar-refractivity contribution is -0.119. The SMILES string of the molecule is CC(=O)N[C@H](C)c1ccc(C(=O)N2C(C)CCC2C)cc1.